The third-order valence-corrected chi connectivity index (χ3v) is 5.42. The maximum Gasteiger partial charge on any atom is 0.416 e. The lowest BCUT2D eigenvalue weighted by atomic mass is 10.1. The van der Waals surface area contributed by atoms with Gasteiger partial charge in [0.1, 0.15) is 6.54 Å². The third kappa shape index (κ3) is 4.41. The predicted octanol–water partition coefficient (Wildman–Crippen LogP) is 2.68. The topological polar surface area (TPSA) is 122 Å². The van der Waals surface area contributed by atoms with Gasteiger partial charge in [-0.05, 0) is 24.3 Å². The fourth-order valence-electron chi connectivity index (χ4n) is 3.76. The second-order valence-corrected chi connectivity index (χ2v) is 7.56. The highest BCUT2D eigenvalue weighted by atomic mass is 19.4. The molecule has 178 valence electrons. The number of alkyl halides is 3. The van der Waals surface area contributed by atoms with Gasteiger partial charge in [0.2, 0.25) is 5.91 Å². The number of ether oxygens (including phenoxy) is 1. The molecule has 0 atom stereocenters. The molecule has 2 aromatic rings. The first-order chi connectivity index (χ1) is 16.1. The van der Waals surface area contributed by atoms with Gasteiger partial charge in [-0.3, -0.25) is 29.4 Å². The Morgan fingerprint density at radius 3 is 2.38 bits per heavy atom. The van der Waals surface area contributed by atoms with Crippen molar-refractivity contribution in [3.63, 3.8) is 0 Å². The number of benzene rings is 2. The molecule has 3 amide bonds. The van der Waals surface area contributed by atoms with E-state index >= 15 is 0 Å². The molecule has 2 aromatic carbocycles. The van der Waals surface area contributed by atoms with E-state index in [1.54, 1.807) is 4.90 Å². The zero-order chi connectivity index (χ0) is 24.6. The molecule has 0 spiro atoms. The van der Waals surface area contributed by atoms with Crippen LogP contribution >= 0.6 is 0 Å². The monoisotopic (exact) mass is 478 g/mol. The molecule has 0 aliphatic carbocycles. The summed E-state index contributed by atoms with van der Waals surface area (Å²) in [7, 11) is 0. The fourth-order valence-corrected chi connectivity index (χ4v) is 3.76. The first kappa shape index (κ1) is 23.2. The molecule has 1 fully saturated rings. The molecule has 13 heteroatoms. The van der Waals surface area contributed by atoms with E-state index in [1.165, 1.54) is 6.07 Å². The zero-order valence-electron chi connectivity index (χ0n) is 17.4. The maximum atomic E-state index is 13.3. The van der Waals surface area contributed by atoms with E-state index in [4.69, 9.17) is 4.74 Å². The molecule has 1 saturated heterocycles. The summed E-state index contributed by atoms with van der Waals surface area (Å²) < 4.78 is 45.0. The molecule has 2 aliphatic heterocycles. The molecule has 0 bridgehead atoms. The number of rotatable bonds is 5. The lowest BCUT2D eigenvalue weighted by molar-refractivity contribution is -0.384. The molecular weight excluding hydrogens is 461 g/mol. The van der Waals surface area contributed by atoms with Crippen LogP contribution in [0.5, 0.6) is 0 Å². The van der Waals surface area contributed by atoms with Crippen LogP contribution in [-0.4, -0.2) is 60.4 Å². The molecular formula is C21H17F3N4O6. The van der Waals surface area contributed by atoms with E-state index in [2.05, 4.69) is 5.32 Å². The molecule has 4 rings (SSSR count). The van der Waals surface area contributed by atoms with E-state index in [0.29, 0.717) is 36.9 Å². The molecule has 10 nitrogen and oxygen atoms in total. The summed E-state index contributed by atoms with van der Waals surface area (Å²) >= 11 is 0. The number of hydrogen-bond acceptors (Lipinski definition) is 7. The molecule has 2 heterocycles. The van der Waals surface area contributed by atoms with Crippen LogP contribution in [-0.2, 0) is 15.7 Å². The molecule has 0 aromatic heterocycles. The van der Waals surface area contributed by atoms with Crippen LogP contribution in [0.15, 0.2) is 36.4 Å². The predicted molar refractivity (Wildman–Crippen MR) is 112 cm³/mol. The molecule has 0 unspecified atom stereocenters. The molecule has 0 saturated carbocycles. The van der Waals surface area contributed by atoms with Crippen molar-refractivity contribution in [3.8, 4) is 0 Å². The number of morpholine rings is 1. The average Bonchev–Trinajstić information content (AvgIpc) is 3.03. The van der Waals surface area contributed by atoms with Gasteiger partial charge in [-0.1, -0.05) is 0 Å². The number of nitrogens with zero attached hydrogens (tertiary/aromatic N) is 3. The van der Waals surface area contributed by atoms with Gasteiger partial charge in [0.15, 0.2) is 0 Å². The highest BCUT2D eigenvalue weighted by Crippen LogP contribution is 2.36. The second-order valence-electron chi connectivity index (χ2n) is 7.56. The number of nitrogens with one attached hydrogen (secondary N) is 1. The molecule has 2 aliphatic rings. The number of carbonyl (C=O) groups is 3. The first-order valence-electron chi connectivity index (χ1n) is 10.0. The van der Waals surface area contributed by atoms with Gasteiger partial charge in [0, 0.05) is 25.2 Å². The van der Waals surface area contributed by atoms with Crippen molar-refractivity contribution in [1.29, 1.82) is 0 Å². The van der Waals surface area contributed by atoms with Crippen LogP contribution in [0.1, 0.15) is 26.3 Å². The number of nitro groups is 1. The normalized spacial score (nSPS) is 16.0. The van der Waals surface area contributed by atoms with Crippen molar-refractivity contribution in [2.75, 3.05) is 43.1 Å². The standard InChI is InChI=1S/C21H17F3N4O6/c22-21(23,24)12-1-4-17(26-5-7-34-8-6-26)16(9-12)25-18(29)11-27-19(30)14-3-2-13(28(32)33)10-15(14)20(27)31/h1-4,9-10H,5-8,11H2,(H,25,29). The Balaban J connectivity index is 1.57. The fraction of sp³-hybridized carbons (Fsp3) is 0.286. The van der Waals surface area contributed by atoms with Crippen molar-refractivity contribution in [3.05, 3.63) is 63.2 Å². The quantitative estimate of drug-likeness (QED) is 0.398. The SMILES string of the molecule is O=C(CN1C(=O)c2ccc([N+](=O)[O-])cc2C1=O)Nc1cc(C(F)(F)F)ccc1N1CCOCC1. The van der Waals surface area contributed by atoms with Gasteiger partial charge in [-0.15, -0.1) is 0 Å². The minimum Gasteiger partial charge on any atom is -0.378 e. The number of halogens is 3. The Hall–Kier alpha value is -4.00. The number of hydrogen-bond donors (Lipinski definition) is 1. The highest BCUT2D eigenvalue weighted by molar-refractivity contribution is 6.23. The largest absolute Gasteiger partial charge is 0.416 e. The number of amides is 3. The minimum absolute atomic E-state index is 0.100. The summed E-state index contributed by atoms with van der Waals surface area (Å²) in [6.45, 7) is 0.723. The first-order valence-corrected chi connectivity index (χ1v) is 10.0. The summed E-state index contributed by atoms with van der Waals surface area (Å²) in [5.41, 5.74) is -1.49. The number of anilines is 2. The summed E-state index contributed by atoms with van der Waals surface area (Å²) in [6.07, 6.45) is -4.65. The van der Waals surface area contributed by atoms with E-state index in [-0.39, 0.29) is 16.8 Å². The number of nitro benzene ring substituents is 1. The van der Waals surface area contributed by atoms with E-state index in [0.717, 1.165) is 30.3 Å². The molecule has 1 N–H and O–H groups in total. The van der Waals surface area contributed by atoms with Crippen LogP contribution in [0.4, 0.5) is 30.2 Å². The Morgan fingerprint density at radius 2 is 1.74 bits per heavy atom. The van der Waals surface area contributed by atoms with Gasteiger partial charge in [0.25, 0.3) is 17.5 Å². The van der Waals surface area contributed by atoms with Crippen LogP contribution in [0, 0.1) is 10.1 Å². The minimum atomic E-state index is -4.65. The highest BCUT2D eigenvalue weighted by Gasteiger charge is 2.38. The van der Waals surface area contributed by atoms with Gasteiger partial charge in [-0.25, -0.2) is 0 Å². The Bertz CT molecular complexity index is 1190. The summed E-state index contributed by atoms with van der Waals surface area (Å²) in [6, 6.07) is 6.05. The van der Waals surface area contributed by atoms with Crippen LogP contribution < -0.4 is 10.2 Å². The lowest BCUT2D eigenvalue weighted by Crippen LogP contribution is -2.39. The van der Waals surface area contributed by atoms with E-state index in [9.17, 15) is 37.7 Å². The lowest BCUT2D eigenvalue weighted by Gasteiger charge is -2.31. The number of imide groups is 1. The number of fused-ring (bicyclic) bond motifs is 1. The van der Waals surface area contributed by atoms with Crippen molar-refractivity contribution in [1.82, 2.24) is 4.90 Å². The van der Waals surface area contributed by atoms with Gasteiger partial charge in [0.05, 0.1) is 46.2 Å². The smallest absolute Gasteiger partial charge is 0.378 e. The van der Waals surface area contributed by atoms with Gasteiger partial charge < -0.3 is 15.0 Å². The Kier molecular flexibility index (Phi) is 5.96. The maximum absolute atomic E-state index is 13.3. The van der Waals surface area contributed by atoms with E-state index in [1.807, 2.05) is 0 Å². The zero-order valence-corrected chi connectivity index (χ0v) is 17.4. The number of carbonyl (C=O) groups excluding carboxylic acids is 3. The Labute approximate surface area is 190 Å². The van der Waals surface area contributed by atoms with Crippen molar-refractivity contribution in [2.24, 2.45) is 0 Å². The number of non-ortho nitro benzene ring substituents is 1. The summed E-state index contributed by atoms with van der Waals surface area (Å²) in [5.74, 6) is -2.64. The molecule has 34 heavy (non-hydrogen) atoms. The second kappa shape index (κ2) is 8.74. The molecule has 0 radical (unpaired) electrons. The summed E-state index contributed by atoms with van der Waals surface area (Å²) in [4.78, 5) is 50.4. The van der Waals surface area contributed by atoms with Crippen molar-refractivity contribution < 1.29 is 37.2 Å². The third-order valence-electron chi connectivity index (χ3n) is 5.42. The van der Waals surface area contributed by atoms with Crippen LogP contribution in [0.2, 0.25) is 0 Å². The van der Waals surface area contributed by atoms with Crippen LogP contribution in [0.25, 0.3) is 0 Å². The average molecular weight is 478 g/mol. The van der Waals surface area contributed by atoms with Crippen molar-refractivity contribution in [2.45, 2.75) is 6.18 Å². The van der Waals surface area contributed by atoms with E-state index < -0.39 is 46.6 Å². The Morgan fingerprint density at radius 1 is 1.06 bits per heavy atom. The van der Waals surface area contributed by atoms with Crippen molar-refractivity contribution >= 4 is 34.8 Å². The van der Waals surface area contributed by atoms with Crippen LogP contribution in [0.3, 0.4) is 0 Å². The van der Waals surface area contributed by atoms with Gasteiger partial charge >= 0.3 is 6.18 Å². The van der Waals surface area contributed by atoms with Gasteiger partial charge in [-0.2, -0.15) is 13.2 Å². The summed E-state index contributed by atoms with van der Waals surface area (Å²) in [5, 5.41) is 13.3.